The predicted octanol–water partition coefficient (Wildman–Crippen LogP) is 2.04. The van der Waals surface area contributed by atoms with Gasteiger partial charge in [0.1, 0.15) is 6.04 Å². The standard InChI is InChI=1S/C14H18N2O3/c1-5-6-16-11-8-13(19-4)12(18-3)7-10(11)15-9(2)14(16)17/h5,7-9,15H,1,6H2,2-4H3. The molecule has 1 unspecified atom stereocenters. The van der Waals surface area contributed by atoms with Gasteiger partial charge in [-0.3, -0.25) is 4.79 Å². The van der Waals surface area contributed by atoms with Crippen molar-refractivity contribution in [1.82, 2.24) is 0 Å². The lowest BCUT2D eigenvalue weighted by atomic mass is 10.1. The molecule has 1 amide bonds. The molecule has 2 rings (SSSR count). The summed E-state index contributed by atoms with van der Waals surface area (Å²) in [4.78, 5) is 13.9. The monoisotopic (exact) mass is 262 g/mol. The number of nitrogens with zero attached hydrogens (tertiary/aromatic N) is 1. The molecule has 0 fully saturated rings. The SMILES string of the molecule is C=CCN1C(=O)C(C)Nc2cc(OC)c(OC)cc21. The van der Waals surface area contributed by atoms with E-state index < -0.39 is 0 Å². The molecule has 0 bridgehead atoms. The fourth-order valence-corrected chi connectivity index (χ4v) is 2.17. The summed E-state index contributed by atoms with van der Waals surface area (Å²) in [6.07, 6.45) is 1.70. The van der Waals surface area contributed by atoms with Gasteiger partial charge in [0.05, 0.1) is 25.6 Å². The van der Waals surface area contributed by atoms with Crippen molar-refractivity contribution in [1.29, 1.82) is 0 Å². The average molecular weight is 262 g/mol. The zero-order valence-corrected chi connectivity index (χ0v) is 11.4. The first-order valence-corrected chi connectivity index (χ1v) is 6.07. The van der Waals surface area contributed by atoms with E-state index in [4.69, 9.17) is 9.47 Å². The molecule has 1 aromatic rings. The maximum atomic E-state index is 12.2. The van der Waals surface area contributed by atoms with Crippen molar-refractivity contribution in [2.24, 2.45) is 0 Å². The van der Waals surface area contributed by atoms with Crippen molar-refractivity contribution in [3.8, 4) is 11.5 Å². The molecule has 1 heterocycles. The van der Waals surface area contributed by atoms with Crippen LogP contribution in [-0.4, -0.2) is 32.7 Å². The molecule has 5 heteroatoms. The molecule has 1 aromatic carbocycles. The van der Waals surface area contributed by atoms with E-state index in [2.05, 4.69) is 11.9 Å². The van der Waals surface area contributed by atoms with Gasteiger partial charge in [0.2, 0.25) is 5.91 Å². The molecule has 0 saturated heterocycles. The van der Waals surface area contributed by atoms with Gasteiger partial charge in [-0.25, -0.2) is 0 Å². The Kier molecular flexibility index (Phi) is 3.64. The number of methoxy groups -OCH3 is 2. The molecule has 0 saturated carbocycles. The molecule has 0 aromatic heterocycles. The lowest BCUT2D eigenvalue weighted by molar-refractivity contribution is -0.119. The van der Waals surface area contributed by atoms with E-state index >= 15 is 0 Å². The van der Waals surface area contributed by atoms with Crippen LogP contribution in [0.25, 0.3) is 0 Å². The summed E-state index contributed by atoms with van der Waals surface area (Å²) in [6.45, 7) is 5.99. The number of amides is 1. The van der Waals surface area contributed by atoms with Crippen molar-refractivity contribution >= 4 is 17.3 Å². The Morgan fingerprint density at radius 2 is 2.00 bits per heavy atom. The maximum absolute atomic E-state index is 12.2. The van der Waals surface area contributed by atoms with E-state index in [1.807, 2.05) is 13.0 Å². The summed E-state index contributed by atoms with van der Waals surface area (Å²) in [6, 6.07) is 3.37. The van der Waals surface area contributed by atoms with Crippen LogP contribution in [0.15, 0.2) is 24.8 Å². The van der Waals surface area contributed by atoms with Gasteiger partial charge in [0.15, 0.2) is 11.5 Å². The van der Waals surface area contributed by atoms with Crippen LogP contribution in [0.2, 0.25) is 0 Å². The highest BCUT2D eigenvalue weighted by Gasteiger charge is 2.30. The molecule has 0 radical (unpaired) electrons. The summed E-state index contributed by atoms with van der Waals surface area (Å²) in [5.41, 5.74) is 1.63. The largest absolute Gasteiger partial charge is 0.493 e. The number of nitrogens with one attached hydrogen (secondary N) is 1. The topological polar surface area (TPSA) is 50.8 Å². The van der Waals surface area contributed by atoms with E-state index in [1.165, 1.54) is 0 Å². The summed E-state index contributed by atoms with van der Waals surface area (Å²) in [5, 5.41) is 3.16. The Labute approximate surface area is 112 Å². The molecular weight excluding hydrogens is 244 g/mol. The quantitative estimate of drug-likeness (QED) is 0.844. The van der Waals surface area contributed by atoms with Gasteiger partial charge in [-0.15, -0.1) is 6.58 Å². The van der Waals surface area contributed by atoms with Gasteiger partial charge in [0, 0.05) is 18.7 Å². The molecule has 1 aliphatic rings. The summed E-state index contributed by atoms with van der Waals surface area (Å²) < 4.78 is 10.5. The fraction of sp³-hybridized carbons (Fsp3) is 0.357. The Hall–Kier alpha value is -2.17. The minimum atomic E-state index is -0.273. The molecule has 0 aliphatic carbocycles. The van der Waals surface area contributed by atoms with Gasteiger partial charge >= 0.3 is 0 Å². The van der Waals surface area contributed by atoms with Crippen LogP contribution in [0.5, 0.6) is 11.5 Å². The van der Waals surface area contributed by atoms with E-state index in [0.717, 1.165) is 11.4 Å². The third-order valence-corrected chi connectivity index (χ3v) is 3.11. The second-order valence-corrected chi connectivity index (χ2v) is 4.33. The predicted molar refractivity (Wildman–Crippen MR) is 75.2 cm³/mol. The van der Waals surface area contributed by atoms with Crippen molar-refractivity contribution in [2.75, 3.05) is 31.0 Å². The number of ether oxygens (including phenoxy) is 2. The number of carbonyl (C=O) groups excluding carboxylic acids is 1. The molecule has 1 atom stereocenters. The summed E-state index contributed by atoms with van der Waals surface area (Å²) >= 11 is 0. The average Bonchev–Trinajstić information content (AvgIpc) is 2.42. The van der Waals surface area contributed by atoms with Gasteiger partial charge in [-0.2, -0.15) is 0 Å². The third kappa shape index (κ3) is 2.23. The van der Waals surface area contributed by atoms with Crippen LogP contribution in [0.3, 0.4) is 0 Å². The zero-order chi connectivity index (χ0) is 14.0. The van der Waals surface area contributed by atoms with Crippen LogP contribution in [0, 0.1) is 0 Å². The van der Waals surface area contributed by atoms with Crippen molar-refractivity contribution in [3.63, 3.8) is 0 Å². The number of hydrogen-bond donors (Lipinski definition) is 1. The second kappa shape index (κ2) is 5.22. The van der Waals surface area contributed by atoms with Crippen LogP contribution < -0.4 is 19.7 Å². The Morgan fingerprint density at radius 1 is 1.37 bits per heavy atom. The maximum Gasteiger partial charge on any atom is 0.249 e. The van der Waals surface area contributed by atoms with Crippen LogP contribution >= 0.6 is 0 Å². The molecule has 19 heavy (non-hydrogen) atoms. The van der Waals surface area contributed by atoms with Crippen molar-refractivity contribution in [3.05, 3.63) is 24.8 Å². The number of hydrogen-bond acceptors (Lipinski definition) is 4. The first kappa shape index (κ1) is 13.3. The fourth-order valence-electron chi connectivity index (χ4n) is 2.17. The second-order valence-electron chi connectivity index (χ2n) is 4.33. The highest BCUT2D eigenvalue weighted by atomic mass is 16.5. The number of carbonyl (C=O) groups is 1. The summed E-state index contributed by atoms with van der Waals surface area (Å²) in [7, 11) is 3.16. The minimum Gasteiger partial charge on any atom is -0.493 e. The van der Waals surface area contributed by atoms with E-state index in [-0.39, 0.29) is 11.9 Å². The van der Waals surface area contributed by atoms with E-state index in [0.29, 0.717) is 18.0 Å². The van der Waals surface area contributed by atoms with Gasteiger partial charge in [0.25, 0.3) is 0 Å². The van der Waals surface area contributed by atoms with Crippen LogP contribution in [0.4, 0.5) is 11.4 Å². The van der Waals surface area contributed by atoms with Crippen molar-refractivity contribution < 1.29 is 14.3 Å². The number of fused-ring (bicyclic) bond motifs is 1. The van der Waals surface area contributed by atoms with E-state index in [9.17, 15) is 4.79 Å². The zero-order valence-electron chi connectivity index (χ0n) is 11.4. The van der Waals surface area contributed by atoms with Gasteiger partial charge < -0.3 is 19.7 Å². The van der Waals surface area contributed by atoms with Crippen LogP contribution in [-0.2, 0) is 4.79 Å². The Balaban J connectivity index is 2.54. The number of anilines is 2. The third-order valence-electron chi connectivity index (χ3n) is 3.11. The normalized spacial score (nSPS) is 17.5. The van der Waals surface area contributed by atoms with E-state index in [1.54, 1.807) is 31.3 Å². The smallest absolute Gasteiger partial charge is 0.249 e. The Bertz CT molecular complexity index is 514. The lowest BCUT2D eigenvalue weighted by Crippen LogP contribution is -2.45. The first-order valence-electron chi connectivity index (χ1n) is 6.07. The Morgan fingerprint density at radius 3 is 2.58 bits per heavy atom. The molecule has 0 spiro atoms. The highest BCUT2D eigenvalue weighted by Crippen LogP contribution is 2.40. The van der Waals surface area contributed by atoms with Gasteiger partial charge in [-0.1, -0.05) is 6.08 Å². The first-order chi connectivity index (χ1) is 9.12. The van der Waals surface area contributed by atoms with Crippen molar-refractivity contribution in [2.45, 2.75) is 13.0 Å². The number of rotatable bonds is 4. The van der Waals surface area contributed by atoms with Crippen LogP contribution in [0.1, 0.15) is 6.92 Å². The summed E-state index contributed by atoms with van der Waals surface area (Å²) in [5.74, 6) is 1.24. The molecule has 1 N–H and O–H groups in total. The molecular formula is C14H18N2O3. The lowest BCUT2D eigenvalue weighted by Gasteiger charge is -2.33. The highest BCUT2D eigenvalue weighted by molar-refractivity contribution is 6.05. The molecule has 102 valence electrons. The molecule has 5 nitrogen and oxygen atoms in total. The minimum absolute atomic E-state index is 0.0135. The van der Waals surface area contributed by atoms with Gasteiger partial charge in [-0.05, 0) is 6.92 Å². The molecule has 1 aliphatic heterocycles. The number of benzene rings is 1.